The number of ether oxygens (including phenoxy) is 1. The highest BCUT2D eigenvalue weighted by atomic mass is 127. The Balaban J connectivity index is 2.19. The molecule has 1 unspecified atom stereocenters. The Labute approximate surface area is 132 Å². The minimum atomic E-state index is -0.720. The average molecular weight is 439 g/mol. The zero-order valence-corrected chi connectivity index (χ0v) is 13.7. The van der Waals surface area contributed by atoms with Crippen LogP contribution in [0.4, 0.5) is 0 Å². The summed E-state index contributed by atoms with van der Waals surface area (Å²) in [5.41, 5.74) is 5.82. The SMILES string of the molecule is NC(=O)C1CN(C(=O)c2cc(Br)ccc2I)CCO1. The first-order valence-corrected chi connectivity index (χ1v) is 7.51. The van der Waals surface area contributed by atoms with E-state index in [2.05, 4.69) is 38.5 Å². The van der Waals surface area contributed by atoms with E-state index < -0.39 is 12.0 Å². The van der Waals surface area contributed by atoms with Gasteiger partial charge >= 0.3 is 0 Å². The van der Waals surface area contributed by atoms with Gasteiger partial charge in [-0.05, 0) is 40.8 Å². The molecule has 0 saturated carbocycles. The number of carbonyl (C=O) groups is 2. The fraction of sp³-hybridized carbons (Fsp3) is 0.333. The number of carbonyl (C=O) groups excluding carboxylic acids is 2. The van der Waals surface area contributed by atoms with Crippen LogP contribution in [0.3, 0.4) is 0 Å². The fourth-order valence-electron chi connectivity index (χ4n) is 1.84. The smallest absolute Gasteiger partial charge is 0.255 e. The molecule has 2 rings (SSSR count). The predicted molar refractivity (Wildman–Crippen MR) is 81.7 cm³/mol. The highest BCUT2D eigenvalue weighted by Crippen LogP contribution is 2.21. The van der Waals surface area contributed by atoms with Crippen molar-refractivity contribution >= 4 is 50.3 Å². The Hall–Kier alpha value is -0.670. The molecule has 1 saturated heterocycles. The number of primary amides is 1. The number of benzene rings is 1. The standard InChI is InChI=1S/C12H12BrIN2O3/c13-7-1-2-9(14)8(5-7)12(18)16-3-4-19-10(6-16)11(15)17/h1-2,5,10H,3-4,6H2,(H2,15,17). The zero-order valence-electron chi connectivity index (χ0n) is 9.94. The van der Waals surface area contributed by atoms with Crippen molar-refractivity contribution in [2.24, 2.45) is 5.73 Å². The number of hydrogen-bond acceptors (Lipinski definition) is 3. The molecule has 0 radical (unpaired) electrons. The Morgan fingerprint density at radius 2 is 2.21 bits per heavy atom. The van der Waals surface area contributed by atoms with Gasteiger partial charge < -0.3 is 15.4 Å². The maximum atomic E-state index is 12.4. The van der Waals surface area contributed by atoms with Gasteiger partial charge in [0.1, 0.15) is 0 Å². The van der Waals surface area contributed by atoms with E-state index >= 15 is 0 Å². The van der Waals surface area contributed by atoms with Crippen LogP contribution in [-0.4, -0.2) is 42.5 Å². The lowest BCUT2D eigenvalue weighted by Crippen LogP contribution is -2.50. The van der Waals surface area contributed by atoms with E-state index in [0.717, 1.165) is 8.04 Å². The highest BCUT2D eigenvalue weighted by Gasteiger charge is 2.29. The Morgan fingerprint density at radius 3 is 2.89 bits per heavy atom. The minimum Gasteiger partial charge on any atom is -0.367 e. The summed E-state index contributed by atoms with van der Waals surface area (Å²) in [6, 6.07) is 5.52. The summed E-state index contributed by atoms with van der Waals surface area (Å²) in [5, 5.41) is 0. The van der Waals surface area contributed by atoms with Crippen LogP contribution in [0.1, 0.15) is 10.4 Å². The summed E-state index contributed by atoms with van der Waals surface area (Å²) in [5.74, 6) is -0.651. The van der Waals surface area contributed by atoms with Crippen molar-refractivity contribution in [1.29, 1.82) is 0 Å². The fourth-order valence-corrected chi connectivity index (χ4v) is 2.76. The van der Waals surface area contributed by atoms with Gasteiger partial charge in [0.2, 0.25) is 5.91 Å². The summed E-state index contributed by atoms with van der Waals surface area (Å²) in [6.07, 6.45) is -0.720. The van der Waals surface area contributed by atoms with Crippen LogP contribution in [0.2, 0.25) is 0 Å². The number of hydrogen-bond donors (Lipinski definition) is 1. The van der Waals surface area contributed by atoms with E-state index in [1.54, 1.807) is 11.0 Å². The third-order valence-corrected chi connectivity index (χ3v) is 4.26. The molecule has 1 aliphatic heterocycles. The van der Waals surface area contributed by atoms with Crippen molar-refractivity contribution in [1.82, 2.24) is 4.90 Å². The molecule has 1 fully saturated rings. The third-order valence-electron chi connectivity index (χ3n) is 2.83. The first kappa shape index (κ1) is 14.7. The van der Waals surface area contributed by atoms with Gasteiger partial charge in [-0.25, -0.2) is 0 Å². The largest absolute Gasteiger partial charge is 0.367 e. The van der Waals surface area contributed by atoms with Gasteiger partial charge in [0.25, 0.3) is 5.91 Å². The number of halogens is 2. The van der Waals surface area contributed by atoms with E-state index in [9.17, 15) is 9.59 Å². The normalized spacial score (nSPS) is 19.3. The molecule has 1 heterocycles. The molecule has 7 heteroatoms. The highest BCUT2D eigenvalue weighted by molar-refractivity contribution is 14.1. The van der Waals surface area contributed by atoms with Crippen molar-refractivity contribution in [3.8, 4) is 0 Å². The van der Waals surface area contributed by atoms with Crippen molar-refractivity contribution in [3.05, 3.63) is 31.8 Å². The molecule has 2 N–H and O–H groups in total. The average Bonchev–Trinajstić information content (AvgIpc) is 2.41. The molecule has 1 aromatic rings. The van der Waals surface area contributed by atoms with Crippen molar-refractivity contribution < 1.29 is 14.3 Å². The number of morpholine rings is 1. The quantitative estimate of drug-likeness (QED) is 0.709. The van der Waals surface area contributed by atoms with Gasteiger partial charge in [-0.2, -0.15) is 0 Å². The van der Waals surface area contributed by atoms with Crippen LogP contribution in [0.15, 0.2) is 22.7 Å². The molecule has 0 aromatic heterocycles. The van der Waals surface area contributed by atoms with Gasteiger partial charge in [-0.3, -0.25) is 9.59 Å². The van der Waals surface area contributed by atoms with Crippen LogP contribution in [0.25, 0.3) is 0 Å². The minimum absolute atomic E-state index is 0.111. The van der Waals surface area contributed by atoms with Crippen molar-refractivity contribution in [2.75, 3.05) is 19.7 Å². The van der Waals surface area contributed by atoms with Gasteiger partial charge in [0.05, 0.1) is 18.7 Å². The lowest BCUT2D eigenvalue weighted by molar-refractivity contribution is -0.133. The Bertz CT molecular complexity index is 524. The van der Waals surface area contributed by atoms with Crippen LogP contribution in [0.5, 0.6) is 0 Å². The summed E-state index contributed by atoms with van der Waals surface area (Å²) >= 11 is 5.47. The molecule has 5 nitrogen and oxygen atoms in total. The maximum Gasteiger partial charge on any atom is 0.255 e. The molecule has 102 valence electrons. The van der Waals surface area contributed by atoms with E-state index in [-0.39, 0.29) is 12.5 Å². The number of rotatable bonds is 2. The predicted octanol–water partition coefficient (Wildman–Crippen LogP) is 1.38. The monoisotopic (exact) mass is 438 g/mol. The van der Waals surface area contributed by atoms with E-state index in [0.29, 0.717) is 18.7 Å². The second-order valence-electron chi connectivity index (χ2n) is 4.14. The van der Waals surface area contributed by atoms with E-state index in [4.69, 9.17) is 10.5 Å². The summed E-state index contributed by atoms with van der Waals surface area (Å²) in [6.45, 7) is 0.992. The Morgan fingerprint density at radius 1 is 1.47 bits per heavy atom. The first-order chi connectivity index (χ1) is 8.99. The number of nitrogens with zero attached hydrogens (tertiary/aromatic N) is 1. The van der Waals surface area contributed by atoms with Crippen molar-refractivity contribution in [3.63, 3.8) is 0 Å². The van der Waals surface area contributed by atoms with Crippen molar-refractivity contribution in [2.45, 2.75) is 6.10 Å². The molecule has 2 amide bonds. The second-order valence-corrected chi connectivity index (χ2v) is 6.22. The van der Waals surface area contributed by atoms with Crippen LogP contribution >= 0.6 is 38.5 Å². The van der Waals surface area contributed by atoms with Gasteiger partial charge in [-0.15, -0.1) is 0 Å². The van der Waals surface area contributed by atoms with Gasteiger partial charge in [0, 0.05) is 14.6 Å². The van der Waals surface area contributed by atoms with Crippen LogP contribution < -0.4 is 5.73 Å². The summed E-state index contributed by atoms with van der Waals surface area (Å²) in [7, 11) is 0. The molecule has 1 atom stereocenters. The van der Waals surface area contributed by atoms with E-state index in [1.807, 2.05) is 12.1 Å². The van der Waals surface area contributed by atoms with Crippen LogP contribution in [0, 0.1) is 3.57 Å². The maximum absolute atomic E-state index is 12.4. The van der Waals surface area contributed by atoms with Crippen LogP contribution in [-0.2, 0) is 9.53 Å². The molecule has 1 aromatic carbocycles. The topological polar surface area (TPSA) is 72.6 Å². The molecule has 1 aliphatic rings. The lowest BCUT2D eigenvalue weighted by Gasteiger charge is -2.31. The number of nitrogens with two attached hydrogens (primary N) is 1. The van der Waals surface area contributed by atoms with Gasteiger partial charge in [0.15, 0.2) is 6.10 Å². The Kier molecular flexibility index (Phi) is 4.80. The molecular formula is C12H12BrIN2O3. The first-order valence-electron chi connectivity index (χ1n) is 5.64. The third kappa shape index (κ3) is 3.46. The van der Waals surface area contributed by atoms with Gasteiger partial charge in [-0.1, -0.05) is 15.9 Å². The summed E-state index contributed by atoms with van der Waals surface area (Å²) in [4.78, 5) is 25.2. The zero-order chi connectivity index (χ0) is 14.0. The molecule has 0 aliphatic carbocycles. The second kappa shape index (κ2) is 6.19. The summed E-state index contributed by atoms with van der Waals surface area (Å²) < 4.78 is 6.94. The molecule has 19 heavy (non-hydrogen) atoms. The molecule has 0 spiro atoms. The molecular weight excluding hydrogens is 427 g/mol. The number of amides is 2. The lowest BCUT2D eigenvalue weighted by atomic mass is 10.1. The van der Waals surface area contributed by atoms with E-state index in [1.165, 1.54) is 0 Å². The molecule has 0 bridgehead atoms.